The van der Waals surface area contributed by atoms with Crippen LogP contribution in [0.5, 0.6) is 0 Å². The number of hydrogen-bond acceptors (Lipinski definition) is 7. The number of nitrogens with zero attached hydrogens (tertiary/aromatic N) is 4. The van der Waals surface area contributed by atoms with Gasteiger partial charge in [0, 0.05) is 30.4 Å². The van der Waals surface area contributed by atoms with Crippen molar-refractivity contribution in [2.75, 3.05) is 29.0 Å². The summed E-state index contributed by atoms with van der Waals surface area (Å²) in [7, 11) is 0. The van der Waals surface area contributed by atoms with Gasteiger partial charge < -0.3 is 16.0 Å². The average Bonchev–Trinajstić information content (AvgIpc) is 2.81. The summed E-state index contributed by atoms with van der Waals surface area (Å²) in [6.45, 7) is 8.18. The number of piperidine rings is 1. The van der Waals surface area contributed by atoms with E-state index in [1.165, 1.54) is 19.3 Å². The Morgan fingerprint density at radius 2 is 1.77 bits per heavy atom. The van der Waals surface area contributed by atoms with Crippen LogP contribution in [0.15, 0.2) is 61.3 Å². The smallest absolute Gasteiger partial charge is 0.220 e. The zero-order chi connectivity index (χ0) is 21.8. The van der Waals surface area contributed by atoms with Crippen LogP contribution in [-0.4, -0.2) is 33.8 Å². The number of nitrogen functional groups attached to an aromatic ring is 1. The molecule has 0 unspecified atom stereocenters. The second-order valence-corrected chi connectivity index (χ2v) is 7.82. The van der Waals surface area contributed by atoms with Crippen LogP contribution >= 0.6 is 0 Å². The summed E-state index contributed by atoms with van der Waals surface area (Å²) in [5.74, 6) is 0.204. The molecule has 0 saturated carbocycles. The van der Waals surface area contributed by atoms with E-state index >= 15 is 0 Å². The minimum Gasteiger partial charge on any atom is -0.370 e. The van der Waals surface area contributed by atoms with Crippen LogP contribution in [0.1, 0.15) is 30.4 Å². The number of allylic oxidation sites excluding steroid dienone is 1. The molecule has 0 aliphatic carbocycles. The fraction of sp³-hybridized carbons (Fsp3) is 0.250. The fourth-order valence-electron chi connectivity index (χ4n) is 3.78. The molecule has 4 rings (SSSR count). The molecule has 3 heterocycles. The van der Waals surface area contributed by atoms with Crippen LogP contribution in [0.25, 0.3) is 11.1 Å². The van der Waals surface area contributed by atoms with E-state index in [9.17, 15) is 0 Å². The zero-order valence-electron chi connectivity index (χ0n) is 17.7. The zero-order valence-corrected chi connectivity index (χ0v) is 17.7. The highest BCUT2D eigenvalue weighted by atomic mass is 15.1. The molecule has 0 atom stereocenters. The van der Waals surface area contributed by atoms with Gasteiger partial charge >= 0.3 is 0 Å². The molecule has 7 heteroatoms. The van der Waals surface area contributed by atoms with Gasteiger partial charge in [-0.2, -0.15) is 0 Å². The van der Waals surface area contributed by atoms with Crippen LogP contribution < -0.4 is 16.0 Å². The summed E-state index contributed by atoms with van der Waals surface area (Å²) in [4.78, 5) is 14.8. The van der Waals surface area contributed by atoms with E-state index in [1.807, 2.05) is 31.5 Å². The van der Waals surface area contributed by atoms with Crippen molar-refractivity contribution >= 4 is 23.0 Å². The predicted octanol–water partition coefficient (Wildman–Crippen LogP) is 4.41. The molecular formula is C24H27N7. The van der Waals surface area contributed by atoms with Crippen molar-refractivity contribution in [2.24, 2.45) is 0 Å². The van der Waals surface area contributed by atoms with Crippen LogP contribution in [0, 0.1) is 12.3 Å². The molecule has 0 amide bonds. The quantitative estimate of drug-likeness (QED) is 0.517. The van der Waals surface area contributed by atoms with Gasteiger partial charge in [0.15, 0.2) is 0 Å². The van der Waals surface area contributed by atoms with Crippen molar-refractivity contribution in [3.05, 3.63) is 72.5 Å². The van der Waals surface area contributed by atoms with Gasteiger partial charge in [-0.25, -0.2) is 9.97 Å². The van der Waals surface area contributed by atoms with Crippen molar-refractivity contribution < 1.29 is 0 Å². The lowest BCUT2D eigenvalue weighted by Crippen LogP contribution is -2.29. The van der Waals surface area contributed by atoms with Gasteiger partial charge in [0.05, 0.1) is 41.4 Å². The second kappa shape index (κ2) is 8.95. The molecule has 0 radical (unpaired) electrons. The summed E-state index contributed by atoms with van der Waals surface area (Å²) >= 11 is 0. The summed E-state index contributed by atoms with van der Waals surface area (Å²) in [5, 5.41) is 11.8. The molecule has 31 heavy (non-hydrogen) atoms. The average molecular weight is 414 g/mol. The van der Waals surface area contributed by atoms with Gasteiger partial charge in [0.2, 0.25) is 5.95 Å². The first-order valence-electron chi connectivity index (χ1n) is 10.4. The highest BCUT2D eigenvalue weighted by Crippen LogP contribution is 2.28. The summed E-state index contributed by atoms with van der Waals surface area (Å²) in [5.41, 5.74) is 12.0. The van der Waals surface area contributed by atoms with Crippen LogP contribution in [0.2, 0.25) is 0 Å². The SMILES string of the molecule is C=C(Nc1cnc(N)nc1)C(=N)c1cc(-c2cncc(N3CCCCC3)c2)ccc1C. The Balaban J connectivity index is 1.57. The summed E-state index contributed by atoms with van der Waals surface area (Å²) in [6, 6.07) is 8.33. The third-order valence-electron chi connectivity index (χ3n) is 5.55. The number of aromatic nitrogens is 3. The Hall–Kier alpha value is -3.74. The second-order valence-electron chi connectivity index (χ2n) is 7.82. The number of rotatable bonds is 6. The lowest BCUT2D eigenvalue weighted by Gasteiger charge is -2.28. The molecule has 2 aromatic heterocycles. The van der Waals surface area contributed by atoms with Gasteiger partial charge in [-0.1, -0.05) is 18.7 Å². The van der Waals surface area contributed by atoms with E-state index in [1.54, 1.807) is 12.4 Å². The number of hydrogen-bond donors (Lipinski definition) is 3. The largest absolute Gasteiger partial charge is 0.370 e. The summed E-state index contributed by atoms with van der Waals surface area (Å²) < 4.78 is 0. The Morgan fingerprint density at radius 1 is 1.03 bits per heavy atom. The van der Waals surface area contributed by atoms with Crippen molar-refractivity contribution in [3.8, 4) is 11.1 Å². The highest BCUT2D eigenvalue weighted by molar-refractivity contribution is 6.13. The summed E-state index contributed by atoms with van der Waals surface area (Å²) in [6.07, 6.45) is 10.7. The number of aryl methyl sites for hydroxylation is 1. The first-order valence-corrected chi connectivity index (χ1v) is 10.4. The molecule has 0 bridgehead atoms. The molecule has 3 aromatic rings. The number of nitrogens with one attached hydrogen (secondary N) is 2. The lowest BCUT2D eigenvalue weighted by atomic mass is 9.96. The fourth-order valence-corrected chi connectivity index (χ4v) is 3.78. The van der Waals surface area contributed by atoms with Gasteiger partial charge in [-0.15, -0.1) is 0 Å². The van der Waals surface area contributed by atoms with Crippen LogP contribution in [0.3, 0.4) is 0 Å². The molecule has 7 nitrogen and oxygen atoms in total. The molecule has 1 aliphatic rings. The third-order valence-corrected chi connectivity index (χ3v) is 5.55. The van der Waals surface area contributed by atoms with Crippen molar-refractivity contribution in [2.45, 2.75) is 26.2 Å². The minimum absolute atomic E-state index is 0.204. The van der Waals surface area contributed by atoms with Crippen molar-refractivity contribution in [1.82, 2.24) is 15.0 Å². The third kappa shape index (κ3) is 4.71. The molecular weight excluding hydrogens is 386 g/mol. The van der Waals surface area contributed by atoms with E-state index in [0.29, 0.717) is 17.1 Å². The number of anilines is 3. The number of benzene rings is 1. The first-order chi connectivity index (χ1) is 15.0. The molecule has 158 valence electrons. The van der Waals surface area contributed by atoms with E-state index in [4.69, 9.17) is 11.1 Å². The highest BCUT2D eigenvalue weighted by Gasteiger charge is 2.14. The molecule has 0 spiro atoms. The predicted molar refractivity (Wildman–Crippen MR) is 127 cm³/mol. The minimum atomic E-state index is 0.204. The Kier molecular flexibility index (Phi) is 5.93. The Morgan fingerprint density at radius 3 is 2.52 bits per heavy atom. The maximum Gasteiger partial charge on any atom is 0.220 e. The van der Waals surface area contributed by atoms with Gasteiger partial charge in [0.25, 0.3) is 0 Å². The normalized spacial score (nSPS) is 13.6. The standard InChI is InChI=1S/C24H27N7/c1-16-6-7-18(19-10-21(15-27-12-19)31-8-4-3-5-9-31)11-22(16)23(25)17(2)30-20-13-28-24(26)29-14-20/h6-7,10-15,25,30H,2-5,8-9H2,1H3,(H2,26,28,29). The van der Waals surface area contributed by atoms with Gasteiger partial charge in [0.1, 0.15) is 0 Å². The first kappa shape index (κ1) is 20.5. The maximum absolute atomic E-state index is 8.68. The molecule has 1 aromatic carbocycles. The number of nitrogens with two attached hydrogens (primary N) is 1. The maximum atomic E-state index is 8.68. The Labute approximate surface area is 182 Å². The molecule has 1 aliphatic heterocycles. The van der Waals surface area contributed by atoms with Crippen LogP contribution in [-0.2, 0) is 0 Å². The molecule has 1 saturated heterocycles. The monoisotopic (exact) mass is 413 g/mol. The number of pyridine rings is 1. The topological polar surface area (TPSA) is 104 Å². The van der Waals surface area contributed by atoms with Gasteiger partial charge in [-0.3, -0.25) is 10.4 Å². The van der Waals surface area contributed by atoms with Crippen LogP contribution in [0.4, 0.5) is 17.3 Å². The van der Waals surface area contributed by atoms with Gasteiger partial charge in [-0.05, 0) is 49.4 Å². The molecule has 1 fully saturated rings. The van der Waals surface area contributed by atoms with Crippen molar-refractivity contribution in [1.29, 1.82) is 5.41 Å². The molecule has 4 N–H and O–H groups in total. The van der Waals surface area contributed by atoms with E-state index < -0.39 is 0 Å². The lowest BCUT2D eigenvalue weighted by molar-refractivity contribution is 0.577. The van der Waals surface area contributed by atoms with E-state index in [0.717, 1.165) is 41.0 Å². The van der Waals surface area contributed by atoms with E-state index in [-0.39, 0.29) is 5.95 Å². The Bertz CT molecular complexity index is 1100. The van der Waals surface area contributed by atoms with E-state index in [2.05, 4.69) is 43.9 Å². The van der Waals surface area contributed by atoms with Crippen molar-refractivity contribution in [3.63, 3.8) is 0 Å².